The van der Waals surface area contributed by atoms with Crippen molar-refractivity contribution in [3.63, 3.8) is 0 Å². The molecule has 0 saturated heterocycles. The van der Waals surface area contributed by atoms with Crippen molar-refractivity contribution in [2.45, 2.75) is 42.9 Å². The lowest BCUT2D eigenvalue weighted by atomic mass is 9.87. The summed E-state index contributed by atoms with van der Waals surface area (Å²) in [7, 11) is -3.41. The van der Waals surface area contributed by atoms with Crippen LogP contribution in [-0.4, -0.2) is 25.6 Å². The van der Waals surface area contributed by atoms with Gasteiger partial charge in [0.25, 0.3) is 0 Å². The predicted molar refractivity (Wildman–Crippen MR) is 79.1 cm³/mol. The number of nitrogens with one attached hydrogen (secondary N) is 1. The van der Waals surface area contributed by atoms with Crippen LogP contribution in [0.25, 0.3) is 0 Å². The zero-order valence-corrected chi connectivity index (χ0v) is 13.1. The molecule has 1 saturated carbocycles. The molecule has 1 aromatic heterocycles. The van der Waals surface area contributed by atoms with Gasteiger partial charge in [0, 0.05) is 18.4 Å². The first-order valence-corrected chi connectivity index (χ1v) is 9.23. The van der Waals surface area contributed by atoms with Crippen molar-refractivity contribution in [1.29, 1.82) is 0 Å². The molecule has 0 atom stereocenters. The molecule has 0 amide bonds. The Morgan fingerprint density at radius 3 is 2.45 bits per heavy atom. The van der Waals surface area contributed by atoms with Gasteiger partial charge in [0.05, 0.1) is 4.92 Å². The number of nitro groups is 1. The minimum Gasteiger partial charge on any atom is -0.369 e. The summed E-state index contributed by atoms with van der Waals surface area (Å²) in [5.41, 5.74) is -0.144. The molecule has 1 aromatic rings. The smallest absolute Gasteiger partial charge is 0.304 e. The number of thiophene rings is 1. The van der Waals surface area contributed by atoms with Crippen LogP contribution in [0, 0.1) is 16.0 Å². The standard InChI is InChI=1S/C12H18N2O4S2/c1-8-3-5-9(6-4-8)13-12-10(14(15)16)7-11(19-12)20(2,17)18/h7-9,13H,3-6H2,1-2H3. The molecule has 8 heteroatoms. The molecule has 112 valence electrons. The molecule has 1 heterocycles. The summed E-state index contributed by atoms with van der Waals surface area (Å²) in [4.78, 5) is 10.5. The van der Waals surface area contributed by atoms with E-state index in [2.05, 4.69) is 12.2 Å². The Labute approximate surface area is 122 Å². The number of anilines is 1. The van der Waals surface area contributed by atoms with E-state index in [0.29, 0.717) is 10.9 Å². The fourth-order valence-electron chi connectivity index (χ4n) is 2.37. The van der Waals surface area contributed by atoms with Gasteiger partial charge in [0.15, 0.2) is 14.8 Å². The molecular formula is C12H18N2O4S2. The fourth-order valence-corrected chi connectivity index (χ4v) is 4.39. The molecule has 2 rings (SSSR count). The number of sulfone groups is 1. The molecule has 1 fully saturated rings. The van der Waals surface area contributed by atoms with Crippen LogP contribution < -0.4 is 5.32 Å². The van der Waals surface area contributed by atoms with Gasteiger partial charge >= 0.3 is 5.69 Å². The van der Waals surface area contributed by atoms with Crippen LogP contribution in [0.5, 0.6) is 0 Å². The third kappa shape index (κ3) is 3.49. The van der Waals surface area contributed by atoms with Crippen LogP contribution in [0.2, 0.25) is 0 Å². The Bertz CT molecular complexity index is 601. The number of nitrogens with zero attached hydrogens (tertiary/aromatic N) is 1. The molecule has 20 heavy (non-hydrogen) atoms. The highest BCUT2D eigenvalue weighted by atomic mass is 32.2. The largest absolute Gasteiger partial charge is 0.369 e. The summed E-state index contributed by atoms with van der Waals surface area (Å²) in [6.45, 7) is 2.20. The molecule has 1 aliphatic carbocycles. The number of hydrogen-bond donors (Lipinski definition) is 1. The molecule has 1 aliphatic rings. The van der Waals surface area contributed by atoms with Crippen LogP contribution in [0.3, 0.4) is 0 Å². The average Bonchev–Trinajstić information content (AvgIpc) is 2.76. The molecule has 1 N–H and O–H groups in total. The van der Waals surface area contributed by atoms with E-state index in [9.17, 15) is 18.5 Å². The summed E-state index contributed by atoms with van der Waals surface area (Å²) in [6, 6.07) is 1.34. The van der Waals surface area contributed by atoms with Gasteiger partial charge in [-0.1, -0.05) is 18.3 Å². The maximum Gasteiger partial charge on any atom is 0.304 e. The third-order valence-electron chi connectivity index (χ3n) is 3.60. The van der Waals surface area contributed by atoms with Crippen LogP contribution in [0.1, 0.15) is 32.6 Å². The second-order valence-electron chi connectivity index (χ2n) is 5.41. The first-order valence-electron chi connectivity index (χ1n) is 6.52. The van der Waals surface area contributed by atoms with Gasteiger partial charge < -0.3 is 5.32 Å². The number of hydrogen-bond acceptors (Lipinski definition) is 6. The third-order valence-corrected chi connectivity index (χ3v) is 6.46. The minimum absolute atomic E-state index is 0.0378. The summed E-state index contributed by atoms with van der Waals surface area (Å²) in [6.07, 6.45) is 5.18. The van der Waals surface area contributed by atoms with Crippen molar-refractivity contribution in [1.82, 2.24) is 0 Å². The zero-order valence-electron chi connectivity index (χ0n) is 11.5. The topological polar surface area (TPSA) is 89.3 Å². The van der Waals surface area contributed by atoms with E-state index >= 15 is 0 Å². The maximum absolute atomic E-state index is 11.5. The summed E-state index contributed by atoms with van der Waals surface area (Å²) < 4.78 is 23.1. The van der Waals surface area contributed by atoms with Crippen LogP contribution in [-0.2, 0) is 9.84 Å². The van der Waals surface area contributed by atoms with E-state index in [4.69, 9.17) is 0 Å². The van der Waals surface area contributed by atoms with Crippen molar-refractivity contribution < 1.29 is 13.3 Å². The molecule has 6 nitrogen and oxygen atoms in total. The van der Waals surface area contributed by atoms with E-state index in [1.54, 1.807) is 0 Å². The van der Waals surface area contributed by atoms with Gasteiger partial charge in [-0.3, -0.25) is 10.1 Å². The van der Waals surface area contributed by atoms with E-state index in [0.717, 1.165) is 49.3 Å². The van der Waals surface area contributed by atoms with Crippen LogP contribution in [0.4, 0.5) is 10.7 Å². The first kappa shape index (κ1) is 15.2. The predicted octanol–water partition coefficient (Wildman–Crippen LogP) is 3.05. The quantitative estimate of drug-likeness (QED) is 0.680. The van der Waals surface area contributed by atoms with Crippen molar-refractivity contribution >= 4 is 31.9 Å². The van der Waals surface area contributed by atoms with Gasteiger partial charge in [-0.2, -0.15) is 0 Å². The van der Waals surface area contributed by atoms with Gasteiger partial charge in [-0.25, -0.2) is 8.42 Å². The van der Waals surface area contributed by atoms with E-state index in [1.807, 2.05) is 0 Å². The normalized spacial score (nSPS) is 23.5. The van der Waals surface area contributed by atoms with E-state index in [-0.39, 0.29) is 15.9 Å². The Hall–Kier alpha value is -1.15. The van der Waals surface area contributed by atoms with Crippen LogP contribution >= 0.6 is 11.3 Å². The zero-order chi connectivity index (χ0) is 14.9. The lowest BCUT2D eigenvalue weighted by Crippen LogP contribution is -2.24. The molecule has 0 aliphatic heterocycles. The van der Waals surface area contributed by atoms with Crippen molar-refractivity contribution in [2.24, 2.45) is 5.92 Å². The highest BCUT2D eigenvalue weighted by Gasteiger charge is 2.26. The molecule has 0 aromatic carbocycles. The second-order valence-corrected chi connectivity index (χ2v) is 8.70. The lowest BCUT2D eigenvalue weighted by Gasteiger charge is -2.26. The number of rotatable bonds is 4. The molecule has 0 radical (unpaired) electrons. The van der Waals surface area contributed by atoms with E-state index < -0.39 is 14.8 Å². The molecule has 0 unspecified atom stereocenters. The summed E-state index contributed by atoms with van der Waals surface area (Å²) in [5, 5.41) is 14.5. The SMILES string of the molecule is CC1CCC(Nc2sc(S(C)(=O)=O)cc2[N+](=O)[O-])CC1. The second kappa shape index (κ2) is 5.69. The Morgan fingerprint density at radius 2 is 1.95 bits per heavy atom. The molecule has 0 bridgehead atoms. The Morgan fingerprint density at radius 1 is 1.35 bits per heavy atom. The highest BCUT2D eigenvalue weighted by molar-refractivity contribution is 7.92. The highest BCUT2D eigenvalue weighted by Crippen LogP contribution is 2.38. The molecular weight excluding hydrogens is 300 g/mol. The molecule has 0 spiro atoms. The Balaban J connectivity index is 2.22. The minimum atomic E-state index is -3.41. The van der Waals surface area contributed by atoms with E-state index in [1.165, 1.54) is 0 Å². The monoisotopic (exact) mass is 318 g/mol. The summed E-state index contributed by atoms with van der Waals surface area (Å²) in [5.74, 6) is 0.693. The Kier molecular flexibility index (Phi) is 4.33. The van der Waals surface area contributed by atoms with Gasteiger partial charge in [0.1, 0.15) is 4.21 Å². The lowest BCUT2D eigenvalue weighted by molar-refractivity contribution is -0.383. The van der Waals surface area contributed by atoms with Gasteiger partial charge in [0.2, 0.25) is 0 Å². The van der Waals surface area contributed by atoms with Crippen molar-refractivity contribution in [3.8, 4) is 0 Å². The summed E-state index contributed by atoms with van der Waals surface area (Å²) >= 11 is 0.948. The van der Waals surface area contributed by atoms with Crippen LogP contribution in [0.15, 0.2) is 10.3 Å². The van der Waals surface area contributed by atoms with Gasteiger partial charge in [-0.15, -0.1) is 0 Å². The van der Waals surface area contributed by atoms with Crippen molar-refractivity contribution in [3.05, 3.63) is 16.2 Å². The maximum atomic E-state index is 11.5. The average molecular weight is 318 g/mol. The first-order chi connectivity index (χ1) is 9.27. The van der Waals surface area contributed by atoms with Gasteiger partial charge in [-0.05, 0) is 31.6 Å². The fraction of sp³-hybridized carbons (Fsp3) is 0.667. The van der Waals surface area contributed by atoms with Crippen molar-refractivity contribution in [2.75, 3.05) is 11.6 Å².